The van der Waals surface area contributed by atoms with Gasteiger partial charge in [0.1, 0.15) is 0 Å². The lowest BCUT2D eigenvalue weighted by atomic mass is 10.1. The Labute approximate surface area is 125 Å². The van der Waals surface area contributed by atoms with Crippen molar-refractivity contribution in [3.63, 3.8) is 0 Å². The van der Waals surface area contributed by atoms with Crippen molar-refractivity contribution in [2.24, 2.45) is 5.73 Å². The summed E-state index contributed by atoms with van der Waals surface area (Å²) in [5, 5.41) is 3.94. The van der Waals surface area contributed by atoms with Gasteiger partial charge >= 0.3 is 0 Å². The number of nitrogens with one attached hydrogen (secondary N) is 1. The van der Waals surface area contributed by atoms with Gasteiger partial charge in [0.2, 0.25) is 0 Å². The summed E-state index contributed by atoms with van der Waals surface area (Å²) in [6, 6.07) is 3.71. The molecule has 20 heavy (non-hydrogen) atoms. The molecule has 1 rings (SSSR count). The van der Waals surface area contributed by atoms with Gasteiger partial charge in [0.25, 0.3) is 0 Å². The first-order valence-electron chi connectivity index (χ1n) is 6.53. The highest BCUT2D eigenvalue weighted by molar-refractivity contribution is 6.33. The molecule has 1 unspecified atom stereocenters. The molecular formula is C14H23ClN2O3. The van der Waals surface area contributed by atoms with E-state index < -0.39 is 0 Å². The molecule has 1 aromatic rings. The third-order valence-electron chi connectivity index (χ3n) is 2.96. The van der Waals surface area contributed by atoms with Crippen molar-refractivity contribution in [3.8, 4) is 11.5 Å². The monoisotopic (exact) mass is 302 g/mol. The maximum atomic E-state index is 6.25. The maximum absolute atomic E-state index is 6.25. The van der Waals surface area contributed by atoms with Gasteiger partial charge in [0, 0.05) is 25.3 Å². The second-order valence-electron chi connectivity index (χ2n) is 4.41. The summed E-state index contributed by atoms with van der Waals surface area (Å²) in [5.41, 5.74) is 6.34. The van der Waals surface area contributed by atoms with Crippen LogP contribution in [0.25, 0.3) is 0 Å². The van der Waals surface area contributed by atoms with E-state index >= 15 is 0 Å². The Kier molecular flexibility index (Phi) is 7.51. The highest BCUT2D eigenvalue weighted by Gasteiger charge is 2.14. The fraction of sp³-hybridized carbons (Fsp3) is 0.571. The van der Waals surface area contributed by atoms with Gasteiger partial charge in [0.15, 0.2) is 11.5 Å². The first kappa shape index (κ1) is 16.9. The highest BCUT2D eigenvalue weighted by Crippen LogP contribution is 2.36. The van der Waals surface area contributed by atoms with Gasteiger partial charge in [-0.15, -0.1) is 0 Å². The lowest BCUT2D eigenvalue weighted by Crippen LogP contribution is -2.26. The molecule has 0 bridgehead atoms. The molecular weight excluding hydrogens is 280 g/mol. The maximum Gasteiger partial charge on any atom is 0.162 e. The minimum absolute atomic E-state index is 0.152. The van der Waals surface area contributed by atoms with Crippen LogP contribution in [0, 0.1) is 0 Å². The van der Waals surface area contributed by atoms with Gasteiger partial charge in [-0.1, -0.05) is 11.6 Å². The summed E-state index contributed by atoms with van der Waals surface area (Å²) in [4.78, 5) is 0. The first-order valence-corrected chi connectivity index (χ1v) is 6.91. The van der Waals surface area contributed by atoms with Crippen LogP contribution in [0.1, 0.15) is 12.8 Å². The molecule has 0 radical (unpaired) electrons. The molecule has 0 saturated heterocycles. The standard InChI is InChI=1S/C14H23ClN2O3/c1-18-9-10(5-4-6-16)17-12-8-14(20-3)13(19-2)7-11(12)15/h7-8,10,17H,4-6,9,16H2,1-3H3. The number of halogens is 1. The summed E-state index contributed by atoms with van der Waals surface area (Å²) in [7, 11) is 4.85. The van der Waals surface area contributed by atoms with Crippen molar-refractivity contribution < 1.29 is 14.2 Å². The predicted molar refractivity (Wildman–Crippen MR) is 82.1 cm³/mol. The number of benzene rings is 1. The average molecular weight is 303 g/mol. The van der Waals surface area contributed by atoms with Crippen molar-refractivity contribution in [1.82, 2.24) is 0 Å². The Hall–Kier alpha value is -1.17. The van der Waals surface area contributed by atoms with E-state index in [1.165, 1.54) is 0 Å². The van der Waals surface area contributed by atoms with Gasteiger partial charge in [-0.25, -0.2) is 0 Å². The molecule has 0 heterocycles. The van der Waals surface area contributed by atoms with E-state index in [2.05, 4.69) is 5.32 Å². The van der Waals surface area contributed by atoms with E-state index in [0.29, 0.717) is 29.7 Å². The molecule has 1 atom stereocenters. The van der Waals surface area contributed by atoms with E-state index in [-0.39, 0.29) is 6.04 Å². The Balaban J connectivity index is 2.88. The van der Waals surface area contributed by atoms with E-state index in [9.17, 15) is 0 Å². The van der Waals surface area contributed by atoms with Gasteiger partial charge in [0.05, 0.1) is 31.5 Å². The number of ether oxygens (including phenoxy) is 3. The summed E-state index contributed by atoms with van der Waals surface area (Å²) in [6.07, 6.45) is 1.83. The fourth-order valence-electron chi connectivity index (χ4n) is 1.95. The van der Waals surface area contributed by atoms with Crippen LogP contribution in [0.2, 0.25) is 5.02 Å². The summed E-state index contributed by atoms with van der Waals surface area (Å²) < 4.78 is 15.7. The number of methoxy groups -OCH3 is 3. The van der Waals surface area contributed by atoms with Crippen molar-refractivity contribution in [1.29, 1.82) is 0 Å². The minimum Gasteiger partial charge on any atom is -0.493 e. The first-order chi connectivity index (χ1) is 9.65. The molecule has 1 aromatic carbocycles. The molecule has 0 fully saturated rings. The van der Waals surface area contributed by atoms with Crippen molar-refractivity contribution in [2.75, 3.05) is 39.8 Å². The van der Waals surface area contributed by atoms with Gasteiger partial charge in [-0.05, 0) is 19.4 Å². The van der Waals surface area contributed by atoms with Crippen LogP contribution in [-0.4, -0.2) is 40.5 Å². The molecule has 0 saturated carbocycles. The van der Waals surface area contributed by atoms with Gasteiger partial charge in [-0.3, -0.25) is 0 Å². The Bertz CT molecular complexity index is 416. The number of nitrogens with two attached hydrogens (primary N) is 1. The van der Waals surface area contributed by atoms with Crippen molar-refractivity contribution >= 4 is 17.3 Å². The second kappa shape index (κ2) is 8.89. The molecule has 0 aliphatic carbocycles. The smallest absolute Gasteiger partial charge is 0.162 e. The molecule has 0 spiro atoms. The van der Waals surface area contributed by atoms with Crippen LogP contribution in [0.3, 0.4) is 0 Å². The number of rotatable bonds is 9. The average Bonchev–Trinajstić information content (AvgIpc) is 2.46. The number of hydrogen-bond donors (Lipinski definition) is 2. The highest BCUT2D eigenvalue weighted by atomic mass is 35.5. The largest absolute Gasteiger partial charge is 0.493 e. The topological polar surface area (TPSA) is 65.7 Å². The summed E-state index contributed by atoms with van der Waals surface area (Å²) >= 11 is 6.25. The normalized spacial score (nSPS) is 12.1. The zero-order valence-corrected chi connectivity index (χ0v) is 13.0. The van der Waals surface area contributed by atoms with Crippen LogP contribution in [0.4, 0.5) is 5.69 Å². The van der Waals surface area contributed by atoms with Crippen LogP contribution in [0.15, 0.2) is 12.1 Å². The summed E-state index contributed by atoms with van der Waals surface area (Å²) in [5.74, 6) is 1.24. The minimum atomic E-state index is 0.152. The number of hydrogen-bond acceptors (Lipinski definition) is 5. The van der Waals surface area contributed by atoms with Crippen LogP contribution in [-0.2, 0) is 4.74 Å². The van der Waals surface area contributed by atoms with Gasteiger partial charge < -0.3 is 25.3 Å². The van der Waals surface area contributed by atoms with Crippen molar-refractivity contribution in [3.05, 3.63) is 17.2 Å². The zero-order valence-electron chi connectivity index (χ0n) is 12.2. The molecule has 114 valence electrons. The van der Waals surface area contributed by atoms with Crippen LogP contribution >= 0.6 is 11.6 Å². The van der Waals surface area contributed by atoms with Gasteiger partial charge in [-0.2, -0.15) is 0 Å². The van der Waals surface area contributed by atoms with E-state index in [1.807, 2.05) is 6.07 Å². The van der Waals surface area contributed by atoms with E-state index in [4.69, 9.17) is 31.5 Å². The SMILES string of the molecule is COCC(CCCN)Nc1cc(OC)c(OC)cc1Cl. The van der Waals surface area contributed by atoms with Crippen LogP contribution < -0.4 is 20.5 Å². The lowest BCUT2D eigenvalue weighted by molar-refractivity contribution is 0.182. The zero-order chi connectivity index (χ0) is 15.0. The fourth-order valence-corrected chi connectivity index (χ4v) is 2.16. The number of anilines is 1. The Morgan fingerprint density at radius 3 is 2.40 bits per heavy atom. The molecule has 3 N–H and O–H groups in total. The predicted octanol–water partition coefficient (Wildman–Crippen LogP) is 2.52. The quantitative estimate of drug-likeness (QED) is 0.734. The van der Waals surface area contributed by atoms with E-state index in [0.717, 1.165) is 18.5 Å². The molecule has 0 aliphatic heterocycles. The molecule has 0 aromatic heterocycles. The Morgan fingerprint density at radius 1 is 1.20 bits per heavy atom. The Morgan fingerprint density at radius 2 is 1.85 bits per heavy atom. The van der Waals surface area contributed by atoms with E-state index in [1.54, 1.807) is 27.4 Å². The molecule has 0 aliphatic rings. The summed E-state index contributed by atoms with van der Waals surface area (Å²) in [6.45, 7) is 1.24. The third-order valence-corrected chi connectivity index (χ3v) is 3.27. The molecule has 0 amide bonds. The second-order valence-corrected chi connectivity index (χ2v) is 4.82. The van der Waals surface area contributed by atoms with Crippen LogP contribution in [0.5, 0.6) is 11.5 Å². The molecule has 6 heteroatoms. The third kappa shape index (κ3) is 4.74. The van der Waals surface area contributed by atoms with Crippen molar-refractivity contribution in [2.45, 2.75) is 18.9 Å². The molecule has 5 nitrogen and oxygen atoms in total. The lowest BCUT2D eigenvalue weighted by Gasteiger charge is -2.21.